The van der Waals surface area contributed by atoms with Gasteiger partial charge in [0.15, 0.2) is 0 Å². The first-order valence-corrected chi connectivity index (χ1v) is 5.60. The quantitative estimate of drug-likeness (QED) is 0.851. The van der Waals surface area contributed by atoms with Crippen LogP contribution in [0.25, 0.3) is 0 Å². The maximum absolute atomic E-state index is 11.3. The van der Waals surface area contributed by atoms with E-state index in [1.165, 1.54) is 0 Å². The van der Waals surface area contributed by atoms with Crippen LogP contribution in [0.1, 0.15) is 12.5 Å². The standard InChI is InChI=1S/C11H14BrNO2/c1-2-15-11(14)10(13)7-8-5-3-4-6-9(8)12/h3-6,10H,2,7,13H2,1H3/t10-/m1/s1. The topological polar surface area (TPSA) is 52.3 Å². The molecule has 4 heteroatoms. The van der Waals surface area contributed by atoms with Crippen molar-refractivity contribution >= 4 is 21.9 Å². The van der Waals surface area contributed by atoms with Crippen LogP contribution < -0.4 is 5.73 Å². The number of carbonyl (C=O) groups is 1. The zero-order valence-electron chi connectivity index (χ0n) is 8.57. The van der Waals surface area contributed by atoms with Gasteiger partial charge in [0.1, 0.15) is 6.04 Å². The summed E-state index contributed by atoms with van der Waals surface area (Å²) in [7, 11) is 0. The molecule has 0 radical (unpaired) electrons. The van der Waals surface area contributed by atoms with Crippen molar-refractivity contribution in [1.29, 1.82) is 0 Å². The SMILES string of the molecule is CCOC(=O)[C@H](N)Cc1ccccc1Br. The number of nitrogens with two attached hydrogens (primary N) is 1. The molecule has 0 aliphatic rings. The fourth-order valence-corrected chi connectivity index (χ4v) is 1.68. The fraction of sp³-hybridized carbons (Fsp3) is 0.364. The molecule has 3 nitrogen and oxygen atoms in total. The molecule has 0 unspecified atom stereocenters. The minimum Gasteiger partial charge on any atom is -0.465 e. The smallest absolute Gasteiger partial charge is 0.323 e. The molecule has 0 saturated heterocycles. The lowest BCUT2D eigenvalue weighted by molar-refractivity contribution is -0.144. The Labute approximate surface area is 97.7 Å². The second-order valence-corrected chi connectivity index (χ2v) is 4.01. The lowest BCUT2D eigenvalue weighted by Gasteiger charge is -2.11. The van der Waals surface area contributed by atoms with Gasteiger partial charge in [-0.3, -0.25) is 4.79 Å². The number of halogens is 1. The molecule has 0 saturated carbocycles. The van der Waals surface area contributed by atoms with Gasteiger partial charge in [-0.05, 0) is 25.0 Å². The molecule has 0 bridgehead atoms. The van der Waals surface area contributed by atoms with Crippen LogP contribution >= 0.6 is 15.9 Å². The summed E-state index contributed by atoms with van der Waals surface area (Å²) in [6, 6.07) is 7.10. The van der Waals surface area contributed by atoms with Gasteiger partial charge in [0.25, 0.3) is 0 Å². The summed E-state index contributed by atoms with van der Waals surface area (Å²) in [6.45, 7) is 2.13. The van der Waals surface area contributed by atoms with Crippen molar-refractivity contribution < 1.29 is 9.53 Å². The lowest BCUT2D eigenvalue weighted by Crippen LogP contribution is -2.34. The number of carbonyl (C=O) groups excluding carboxylic acids is 1. The summed E-state index contributed by atoms with van der Waals surface area (Å²) in [6.07, 6.45) is 0.486. The summed E-state index contributed by atoms with van der Waals surface area (Å²) in [5.74, 6) is -0.353. The Kier molecular flexibility index (Phi) is 4.78. The van der Waals surface area contributed by atoms with Crippen LogP contribution in [0.5, 0.6) is 0 Å². The Hall–Kier alpha value is -0.870. The van der Waals surface area contributed by atoms with E-state index in [0.29, 0.717) is 13.0 Å². The maximum atomic E-state index is 11.3. The normalized spacial score (nSPS) is 12.2. The minimum absolute atomic E-state index is 0.353. The molecule has 2 N–H and O–H groups in total. The molecule has 1 aromatic rings. The van der Waals surface area contributed by atoms with Crippen LogP contribution in [0, 0.1) is 0 Å². The number of rotatable bonds is 4. The molecular formula is C11H14BrNO2. The predicted molar refractivity (Wildman–Crippen MR) is 62.5 cm³/mol. The number of ether oxygens (including phenoxy) is 1. The van der Waals surface area contributed by atoms with Gasteiger partial charge in [0, 0.05) is 4.47 Å². The van der Waals surface area contributed by atoms with Gasteiger partial charge in [0.05, 0.1) is 6.61 Å². The van der Waals surface area contributed by atoms with E-state index in [4.69, 9.17) is 10.5 Å². The largest absolute Gasteiger partial charge is 0.465 e. The second kappa shape index (κ2) is 5.88. The monoisotopic (exact) mass is 271 g/mol. The van der Waals surface area contributed by atoms with Gasteiger partial charge in [-0.1, -0.05) is 34.1 Å². The molecule has 82 valence electrons. The highest BCUT2D eigenvalue weighted by atomic mass is 79.9. The first kappa shape index (κ1) is 12.2. The van der Waals surface area contributed by atoms with Gasteiger partial charge >= 0.3 is 5.97 Å². The molecule has 0 heterocycles. The zero-order chi connectivity index (χ0) is 11.3. The van der Waals surface area contributed by atoms with Gasteiger partial charge in [-0.15, -0.1) is 0 Å². The lowest BCUT2D eigenvalue weighted by atomic mass is 10.1. The van der Waals surface area contributed by atoms with E-state index in [-0.39, 0.29) is 5.97 Å². The van der Waals surface area contributed by atoms with Crippen molar-refractivity contribution in [3.8, 4) is 0 Å². The second-order valence-electron chi connectivity index (χ2n) is 3.15. The molecule has 1 atom stereocenters. The van der Waals surface area contributed by atoms with Crippen molar-refractivity contribution in [3.05, 3.63) is 34.3 Å². The van der Waals surface area contributed by atoms with E-state index >= 15 is 0 Å². The molecule has 1 rings (SSSR count). The first-order valence-electron chi connectivity index (χ1n) is 4.80. The van der Waals surface area contributed by atoms with E-state index < -0.39 is 6.04 Å². The maximum Gasteiger partial charge on any atom is 0.323 e. The highest BCUT2D eigenvalue weighted by Crippen LogP contribution is 2.17. The summed E-state index contributed by atoms with van der Waals surface area (Å²) >= 11 is 3.41. The molecular weight excluding hydrogens is 258 g/mol. The molecule has 1 aromatic carbocycles. The third kappa shape index (κ3) is 3.64. The molecule has 0 fully saturated rings. The number of benzene rings is 1. The van der Waals surface area contributed by atoms with E-state index in [0.717, 1.165) is 10.0 Å². The fourth-order valence-electron chi connectivity index (χ4n) is 1.23. The van der Waals surface area contributed by atoms with Gasteiger partial charge in [0.2, 0.25) is 0 Å². The highest BCUT2D eigenvalue weighted by molar-refractivity contribution is 9.10. The predicted octanol–water partition coefficient (Wildman–Crippen LogP) is 1.88. The summed E-state index contributed by atoms with van der Waals surface area (Å²) < 4.78 is 5.80. The third-order valence-corrected chi connectivity index (χ3v) is 2.76. The van der Waals surface area contributed by atoms with Crippen LogP contribution in [0.2, 0.25) is 0 Å². The van der Waals surface area contributed by atoms with Crippen LogP contribution in [0.3, 0.4) is 0 Å². The minimum atomic E-state index is -0.594. The van der Waals surface area contributed by atoms with Gasteiger partial charge < -0.3 is 10.5 Å². The van der Waals surface area contributed by atoms with Crippen LogP contribution in [0.4, 0.5) is 0 Å². The Morgan fingerprint density at radius 3 is 2.80 bits per heavy atom. The zero-order valence-corrected chi connectivity index (χ0v) is 10.2. The molecule has 0 aliphatic heterocycles. The average molecular weight is 272 g/mol. The van der Waals surface area contributed by atoms with Gasteiger partial charge in [-0.25, -0.2) is 0 Å². The van der Waals surface area contributed by atoms with E-state index in [9.17, 15) is 4.79 Å². The third-order valence-electron chi connectivity index (χ3n) is 1.99. The Morgan fingerprint density at radius 1 is 1.53 bits per heavy atom. The number of hydrogen-bond acceptors (Lipinski definition) is 3. The van der Waals surface area contributed by atoms with Crippen LogP contribution in [-0.2, 0) is 16.0 Å². The van der Waals surface area contributed by atoms with Crippen molar-refractivity contribution in [2.45, 2.75) is 19.4 Å². The average Bonchev–Trinajstić information content (AvgIpc) is 2.21. The number of hydrogen-bond donors (Lipinski definition) is 1. The Bertz CT molecular complexity index is 341. The molecule has 0 amide bonds. The van der Waals surface area contributed by atoms with Crippen molar-refractivity contribution in [1.82, 2.24) is 0 Å². The number of esters is 1. The summed E-state index contributed by atoms with van der Waals surface area (Å²) in [5.41, 5.74) is 6.72. The van der Waals surface area contributed by atoms with E-state index in [2.05, 4.69) is 15.9 Å². The van der Waals surface area contributed by atoms with Crippen molar-refractivity contribution in [2.24, 2.45) is 5.73 Å². The Morgan fingerprint density at radius 2 is 2.20 bits per heavy atom. The van der Waals surface area contributed by atoms with Crippen LogP contribution in [-0.4, -0.2) is 18.6 Å². The van der Waals surface area contributed by atoms with Crippen molar-refractivity contribution in [2.75, 3.05) is 6.61 Å². The van der Waals surface area contributed by atoms with E-state index in [1.54, 1.807) is 6.92 Å². The summed E-state index contributed by atoms with van der Waals surface area (Å²) in [5, 5.41) is 0. The molecule has 15 heavy (non-hydrogen) atoms. The molecule has 0 aliphatic carbocycles. The first-order chi connectivity index (χ1) is 7.15. The Balaban J connectivity index is 2.62. The summed E-state index contributed by atoms with van der Waals surface area (Å²) in [4.78, 5) is 11.3. The molecule has 0 spiro atoms. The van der Waals surface area contributed by atoms with E-state index in [1.807, 2.05) is 24.3 Å². The molecule has 0 aromatic heterocycles. The highest BCUT2D eigenvalue weighted by Gasteiger charge is 2.15. The van der Waals surface area contributed by atoms with Crippen molar-refractivity contribution in [3.63, 3.8) is 0 Å². The van der Waals surface area contributed by atoms with Gasteiger partial charge in [-0.2, -0.15) is 0 Å². The van der Waals surface area contributed by atoms with Crippen LogP contribution in [0.15, 0.2) is 28.7 Å².